The monoisotopic (exact) mass is 311 g/mol. The molecule has 0 spiro atoms. The predicted octanol–water partition coefficient (Wildman–Crippen LogP) is 2.89. The van der Waals surface area contributed by atoms with E-state index in [2.05, 4.69) is 5.32 Å². The van der Waals surface area contributed by atoms with Crippen molar-refractivity contribution >= 4 is 11.8 Å². The van der Waals surface area contributed by atoms with Gasteiger partial charge in [0.2, 0.25) is 0 Å². The zero-order chi connectivity index (χ0) is 15.1. The van der Waals surface area contributed by atoms with Gasteiger partial charge in [0.15, 0.2) is 0 Å². The Balaban J connectivity index is 1.78. The Hall–Kier alpha value is -0.780. The molecule has 3 nitrogen and oxygen atoms in total. The van der Waals surface area contributed by atoms with Gasteiger partial charge in [-0.3, -0.25) is 0 Å². The van der Waals surface area contributed by atoms with Gasteiger partial charge >= 0.3 is 0 Å². The molecule has 2 aliphatic rings. The Morgan fingerprint density at radius 3 is 3.00 bits per heavy atom. The number of rotatable bonds is 3. The minimum absolute atomic E-state index is 0.0824. The van der Waals surface area contributed by atoms with Gasteiger partial charge in [-0.1, -0.05) is 6.07 Å². The zero-order valence-corrected chi connectivity index (χ0v) is 13.3. The molecule has 1 saturated heterocycles. The summed E-state index contributed by atoms with van der Waals surface area (Å²) in [7, 11) is 0. The minimum atomic E-state index is -0.618. The quantitative estimate of drug-likeness (QED) is 0.901. The van der Waals surface area contributed by atoms with Gasteiger partial charge in [0.05, 0.1) is 5.60 Å². The van der Waals surface area contributed by atoms with Crippen LogP contribution in [-0.2, 0) is 0 Å². The maximum Gasteiger partial charge on any atom is 0.127 e. The van der Waals surface area contributed by atoms with E-state index in [-0.39, 0.29) is 17.5 Å². The van der Waals surface area contributed by atoms with Gasteiger partial charge in [-0.05, 0) is 32.1 Å². The summed E-state index contributed by atoms with van der Waals surface area (Å²) in [5.74, 6) is 2.12. The highest BCUT2D eigenvalue weighted by atomic mass is 32.2. The van der Waals surface area contributed by atoms with E-state index in [1.165, 1.54) is 12.1 Å². The molecule has 0 amide bonds. The summed E-state index contributed by atoms with van der Waals surface area (Å²) in [6.07, 6.45) is 1.63. The average Bonchev–Trinajstić information content (AvgIpc) is 2.82. The minimum Gasteiger partial charge on any atom is -0.487 e. The van der Waals surface area contributed by atoms with Crippen LogP contribution in [0.4, 0.5) is 4.39 Å². The fourth-order valence-electron chi connectivity index (χ4n) is 3.06. The first kappa shape index (κ1) is 15.1. The van der Waals surface area contributed by atoms with Crippen LogP contribution in [0.1, 0.15) is 38.3 Å². The molecule has 0 aliphatic carbocycles. The van der Waals surface area contributed by atoms with Gasteiger partial charge in [-0.25, -0.2) is 4.39 Å². The number of thioether (sulfide) groups is 1. The summed E-state index contributed by atoms with van der Waals surface area (Å²) in [5, 5.41) is 13.9. The van der Waals surface area contributed by atoms with Crippen LogP contribution in [0.3, 0.4) is 0 Å². The van der Waals surface area contributed by atoms with E-state index < -0.39 is 5.60 Å². The second-order valence-corrected chi connectivity index (χ2v) is 7.81. The van der Waals surface area contributed by atoms with Crippen LogP contribution in [0.5, 0.6) is 5.75 Å². The highest BCUT2D eigenvalue weighted by Gasteiger charge is 2.37. The van der Waals surface area contributed by atoms with Gasteiger partial charge in [0, 0.05) is 36.4 Å². The third-order valence-electron chi connectivity index (χ3n) is 4.19. The van der Waals surface area contributed by atoms with Crippen LogP contribution in [0, 0.1) is 5.82 Å². The van der Waals surface area contributed by atoms with Gasteiger partial charge in [0.25, 0.3) is 0 Å². The lowest BCUT2D eigenvalue weighted by molar-refractivity contribution is 0.0421. The largest absolute Gasteiger partial charge is 0.487 e. The van der Waals surface area contributed by atoms with Crippen LogP contribution >= 0.6 is 11.8 Å². The normalized spacial score (nSPS) is 30.8. The first-order chi connectivity index (χ1) is 9.87. The van der Waals surface area contributed by atoms with Crippen LogP contribution < -0.4 is 10.1 Å². The fraction of sp³-hybridized carbons (Fsp3) is 0.625. The lowest BCUT2D eigenvalue weighted by Crippen LogP contribution is -2.45. The molecular formula is C16H22FNO2S. The number of hydrogen-bond donors (Lipinski definition) is 2. The molecule has 2 unspecified atom stereocenters. The maximum atomic E-state index is 13.4. The lowest BCUT2D eigenvalue weighted by atomic mass is 9.89. The molecule has 0 aromatic heterocycles. The molecule has 2 N–H and O–H groups in total. The summed E-state index contributed by atoms with van der Waals surface area (Å²) < 4.78 is 19.3. The Morgan fingerprint density at radius 1 is 1.48 bits per heavy atom. The number of hydrogen-bond acceptors (Lipinski definition) is 4. The van der Waals surface area contributed by atoms with E-state index in [9.17, 15) is 9.50 Å². The van der Waals surface area contributed by atoms with Crippen LogP contribution in [0.25, 0.3) is 0 Å². The summed E-state index contributed by atoms with van der Waals surface area (Å²) in [6.45, 7) is 4.59. The molecule has 5 heteroatoms. The molecule has 1 aromatic rings. The lowest BCUT2D eigenvalue weighted by Gasteiger charge is -2.39. The van der Waals surface area contributed by atoms with Crippen molar-refractivity contribution in [1.82, 2.24) is 5.32 Å². The van der Waals surface area contributed by atoms with Crippen LogP contribution in [0.15, 0.2) is 18.2 Å². The molecule has 2 atom stereocenters. The third kappa shape index (κ3) is 3.35. The Kier molecular flexibility index (Phi) is 3.93. The molecule has 0 saturated carbocycles. The second kappa shape index (κ2) is 5.45. The summed E-state index contributed by atoms with van der Waals surface area (Å²) in [5.41, 5.74) is 0.0173. The fourth-order valence-corrected chi connectivity index (χ4v) is 4.35. The summed E-state index contributed by atoms with van der Waals surface area (Å²) >= 11 is 1.79. The number of halogens is 1. The standard InChI is InChI=1S/C16H22FNO2S/c1-15(2)8-13(18-9-16(19)5-6-21-10-16)12-4-3-11(17)7-14(12)20-15/h3-4,7,13,18-19H,5-6,8-10H2,1-2H3. The number of benzene rings is 1. The molecule has 21 heavy (non-hydrogen) atoms. The van der Waals surface area contributed by atoms with E-state index in [0.29, 0.717) is 12.3 Å². The second-order valence-electron chi connectivity index (χ2n) is 6.71. The van der Waals surface area contributed by atoms with Crippen LogP contribution in [0.2, 0.25) is 0 Å². The third-order valence-corrected chi connectivity index (χ3v) is 5.43. The van der Waals surface area contributed by atoms with E-state index >= 15 is 0 Å². The molecule has 3 rings (SSSR count). The summed E-state index contributed by atoms with van der Waals surface area (Å²) in [4.78, 5) is 0. The number of aliphatic hydroxyl groups is 1. The number of ether oxygens (including phenoxy) is 1. The first-order valence-corrected chi connectivity index (χ1v) is 8.54. The van der Waals surface area contributed by atoms with Crippen molar-refractivity contribution in [3.63, 3.8) is 0 Å². The number of nitrogens with one attached hydrogen (secondary N) is 1. The van der Waals surface area contributed by atoms with Crippen LogP contribution in [-0.4, -0.2) is 34.4 Å². The molecule has 116 valence electrons. The van der Waals surface area contributed by atoms with E-state index in [0.717, 1.165) is 29.9 Å². The Morgan fingerprint density at radius 2 is 2.29 bits per heavy atom. The van der Waals surface area contributed by atoms with Crippen molar-refractivity contribution in [2.24, 2.45) is 0 Å². The molecule has 1 fully saturated rings. The SMILES string of the molecule is CC1(C)CC(NCC2(O)CCSC2)c2ccc(F)cc2O1. The van der Waals surface area contributed by atoms with Crippen molar-refractivity contribution in [3.8, 4) is 5.75 Å². The Labute approximate surface area is 129 Å². The van der Waals surface area contributed by atoms with Crippen molar-refractivity contribution in [2.45, 2.75) is 43.9 Å². The van der Waals surface area contributed by atoms with Gasteiger partial charge in [-0.15, -0.1) is 0 Å². The van der Waals surface area contributed by atoms with Gasteiger partial charge < -0.3 is 15.2 Å². The highest BCUT2D eigenvalue weighted by Crippen LogP contribution is 2.40. The highest BCUT2D eigenvalue weighted by molar-refractivity contribution is 7.99. The zero-order valence-electron chi connectivity index (χ0n) is 12.5. The summed E-state index contributed by atoms with van der Waals surface area (Å²) in [6, 6.07) is 4.78. The average molecular weight is 311 g/mol. The molecule has 0 bridgehead atoms. The Bertz CT molecular complexity index is 529. The molecule has 2 heterocycles. The van der Waals surface area contributed by atoms with Crippen molar-refractivity contribution in [2.75, 3.05) is 18.1 Å². The predicted molar refractivity (Wildman–Crippen MR) is 83.4 cm³/mol. The molecule has 0 radical (unpaired) electrons. The molecule has 1 aromatic carbocycles. The van der Waals surface area contributed by atoms with E-state index in [4.69, 9.17) is 4.74 Å². The smallest absolute Gasteiger partial charge is 0.127 e. The number of fused-ring (bicyclic) bond motifs is 1. The van der Waals surface area contributed by atoms with Gasteiger partial charge in [-0.2, -0.15) is 11.8 Å². The molecule has 2 aliphatic heterocycles. The van der Waals surface area contributed by atoms with E-state index in [1.807, 2.05) is 13.8 Å². The maximum absolute atomic E-state index is 13.4. The first-order valence-electron chi connectivity index (χ1n) is 7.39. The van der Waals surface area contributed by atoms with Crippen molar-refractivity contribution in [1.29, 1.82) is 0 Å². The van der Waals surface area contributed by atoms with Crippen molar-refractivity contribution in [3.05, 3.63) is 29.6 Å². The van der Waals surface area contributed by atoms with Crippen molar-refractivity contribution < 1.29 is 14.2 Å². The van der Waals surface area contributed by atoms with E-state index in [1.54, 1.807) is 17.8 Å². The van der Waals surface area contributed by atoms with Gasteiger partial charge in [0.1, 0.15) is 17.2 Å². The molecular weight excluding hydrogens is 289 g/mol. The topological polar surface area (TPSA) is 41.5 Å².